The maximum absolute atomic E-state index is 11.9. The van der Waals surface area contributed by atoms with E-state index in [0.717, 1.165) is 24.3 Å². The number of carbonyl (C=O) groups excluding carboxylic acids is 2. The molecule has 1 fully saturated rings. The van der Waals surface area contributed by atoms with Crippen LogP contribution in [0, 0.1) is 12.8 Å². The molecule has 22 heavy (non-hydrogen) atoms. The van der Waals surface area contributed by atoms with Crippen LogP contribution in [0.3, 0.4) is 0 Å². The zero-order chi connectivity index (χ0) is 15.9. The molecule has 1 aromatic rings. The van der Waals surface area contributed by atoms with E-state index in [4.69, 9.17) is 0 Å². The molecule has 1 unspecified atom stereocenters. The van der Waals surface area contributed by atoms with E-state index in [1.165, 1.54) is 11.8 Å². The smallest absolute Gasteiger partial charge is 0.234 e. The van der Waals surface area contributed by atoms with Crippen LogP contribution in [-0.4, -0.2) is 42.5 Å². The molecule has 2 rings (SSSR count). The summed E-state index contributed by atoms with van der Waals surface area (Å²) in [5, 5.41) is 8.71. The molecule has 3 N–H and O–H groups in total. The SMILES string of the molecule is Cc1ccc(NC(=O)CSC(C)C(=O)NCC2CNC2)cc1. The van der Waals surface area contributed by atoms with Crippen molar-refractivity contribution in [3.63, 3.8) is 0 Å². The van der Waals surface area contributed by atoms with E-state index < -0.39 is 0 Å². The van der Waals surface area contributed by atoms with Gasteiger partial charge in [-0.1, -0.05) is 17.7 Å². The summed E-state index contributed by atoms with van der Waals surface area (Å²) in [6.45, 7) is 6.49. The molecule has 0 aliphatic carbocycles. The van der Waals surface area contributed by atoms with Crippen LogP contribution in [0.15, 0.2) is 24.3 Å². The van der Waals surface area contributed by atoms with Gasteiger partial charge < -0.3 is 16.0 Å². The molecule has 1 atom stereocenters. The third kappa shape index (κ3) is 5.35. The normalized spacial score (nSPS) is 15.7. The third-order valence-electron chi connectivity index (χ3n) is 3.60. The topological polar surface area (TPSA) is 70.2 Å². The van der Waals surface area contributed by atoms with Crippen LogP contribution in [0.1, 0.15) is 12.5 Å². The minimum absolute atomic E-state index is 0.0000332. The van der Waals surface area contributed by atoms with Crippen molar-refractivity contribution in [2.24, 2.45) is 5.92 Å². The predicted molar refractivity (Wildman–Crippen MR) is 91.1 cm³/mol. The van der Waals surface area contributed by atoms with Crippen LogP contribution < -0.4 is 16.0 Å². The Morgan fingerprint density at radius 2 is 2.00 bits per heavy atom. The standard InChI is InChI=1S/C16H23N3O2S/c1-11-3-5-14(6-4-11)19-15(20)10-22-12(2)16(21)18-9-13-7-17-8-13/h3-6,12-13,17H,7-10H2,1-2H3,(H,18,21)(H,19,20). The first-order valence-corrected chi connectivity index (χ1v) is 8.56. The summed E-state index contributed by atoms with van der Waals surface area (Å²) >= 11 is 1.35. The minimum atomic E-state index is -0.225. The molecule has 2 amide bonds. The molecule has 120 valence electrons. The van der Waals surface area contributed by atoms with E-state index >= 15 is 0 Å². The first-order chi connectivity index (χ1) is 10.5. The van der Waals surface area contributed by atoms with E-state index in [0.29, 0.717) is 12.5 Å². The lowest BCUT2D eigenvalue weighted by Crippen LogP contribution is -2.49. The number of anilines is 1. The average molecular weight is 321 g/mol. The van der Waals surface area contributed by atoms with Gasteiger partial charge in [0.2, 0.25) is 11.8 Å². The van der Waals surface area contributed by atoms with Gasteiger partial charge in [-0.05, 0) is 26.0 Å². The van der Waals surface area contributed by atoms with Crippen LogP contribution in [0.2, 0.25) is 0 Å². The van der Waals surface area contributed by atoms with E-state index in [1.54, 1.807) is 0 Å². The molecule has 5 nitrogen and oxygen atoms in total. The number of hydrogen-bond donors (Lipinski definition) is 3. The van der Waals surface area contributed by atoms with Gasteiger partial charge >= 0.3 is 0 Å². The van der Waals surface area contributed by atoms with Gasteiger partial charge in [-0.2, -0.15) is 0 Å². The van der Waals surface area contributed by atoms with Crippen LogP contribution in [0.4, 0.5) is 5.69 Å². The van der Waals surface area contributed by atoms with Crippen molar-refractivity contribution in [2.45, 2.75) is 19.1 Å². The molecular weight excluding hydrogens is 298 g/mol. The number of carbonyl (C=O) groups is 2. The lowest BCUT2D eigenvalue weighted by Gasteiger charge is -2.27. The first-order valence-electron chi connectivity index (χ1n) is 7.51. The second-order valence-corrected chi connectivity index (χ2v) is 6.97. The molecule has 0 radical (unpaired) electrons. The van der Waals surface area contributed by atoms with Crippen molar-refractivity contribution >= 4 is 29.3 Å². The molecule has 1 heterocycles. The average Bonchev–Trinajstić information content (AvgIpc) is 2.45. The Balaban J connectivity index is 1.65. The molecule has 1 aliphatic heterocycles. The van der Waals surface area contributed by atoms with Crippen LogP contribution in [0.5, 0.6) is 0 Å². The number of nitrogens with one attached hydrogen (secondary N) is 3. The molecule has 1 saturated heterocycles. The molecular formula is C16H23N3O2S. The number of amides is 2. The number of hydrogen-bond acceptors (Lipinski definition) is 4. The quantitative estimate of drug-likeness (QED) is 0.710. The van der Waals surface area contributed by atoms with E-state index in [-0.39, 0.29) is 22.8 Å². The van der Waals surface area contributed by atoms with Gasteiger partial charge in [0.1, 0.15) is 0 Å². The van der Waals surface area contributed by atoms with E-state index in [2.05, 4.69) is 16.0 Å². The summed E-state index contributed by atoms with van der Waals surface area (Å²) in [7, 11) is 0. The van der Waals surface area contributed by atoms with Gasteiger partial charge in [-0.25, -0.2) is 0 Å². The first kappa shape index (κ1) is 16.8. The molecule has 0 aromatic heterocycles. The van der Waals surface area contributed by atoms with Crippen molar-refractivity contribution in [3.05, 3.63) is 29.8 Å². The Hall–Kier alpha value is -1.53. The number of rotatable bonds is 7. The Labute approximate surface area is 135 Å². The highest BCUT2D eigenvalue weighted by molar-refractivity contribution is 8.01. The summed E-state index contributed by atoms with van der Waals surface area (Å²) < 4.78 is 0. The van der Waals surface area contributed by atoms with Crippen molar-refractivity contribution in [1.29, 1.82) is 0 Å². The van der Waals surface area contributed by atoms with Gasteiger partial charge in [0.25, 0.3) is 0 Å². The highest BCUT2D eigenvalue weighted by Gasteiger charge is 2.20. The molecule has 1 aromatic carbocycles. The summed E-state index contributed by atoms with van der Waals surface area (Å²) in [5.74, 6) is 0.732. The van der Waals surface area contributed by atoms with Gasteiger partial charge in [-0.3, -0.25) is 9.59 Å². The fourth-order valence-electron chi connectivity index (χ4n) is 1.99. The maximum Gasteiger partial charge on any atom is 0.234 e. The second kappa shape index (κ2) is 8.19. The fourth-order valence-corrected chi connectivity index (χ4v) is 2.70. The third-order valence-corrected chi connectivity index (χ3v) is 4.74. The summed E-state index contributed by atoms with van der Waals surface area (Å²) in [4.78, 5) is 23.8. The summed E-state index contributed by atoms with van der Waals surface area (Å²) in [6, 6.07) is 7.66. The molecule has 0 saturated carbocycles. The molecule has 0 spiro atoms. The number of aryl methyl sites for hydroxylation is 1. The fraction of sp³-hybridized carbons (Fsp3) is 0.500. The van der Waals surface area contributed by atoms with E-state index in [1.807, 2.05) is 38.1 Å². The predicted octanol–water partition coefficient (Wildman–Crippen LogP) is 1.39. The van der Waals surface area contributed by atoms with Crippen molar-refractivity contribution in [1.82, 2.24) is 10.6 Å². The Morgan fingerprint density at radius 1 is 1.32 bits per heavy atom. The molecule has 6 heteroatoms. The van der Waals surface area contributed by atoms with Gasteiger partial charge in [0.15, 0.2) is 0 Å². The maximum atomic E-state index is 11.9. The van der Waals surface area contributed by atoms with Crippen LogP contribution >= 0.6 is 11.8 Å². The number of thioether (sulfide) groups is 1. The molecule has 1 aliphatic rings. The summed E-state index contributed by atoms with van der Waals surface area (Å²) in [6.07, 6.45) is 0. The summed E-state index contributed by atoms with van der Waals surface area (Å²) in [5.41, 5.74) is 1.94. The zero-order valence-corrected chi connectivity index (χ0v) is 13.8. The van der Waals surface area contributed by atoms with Crippen molar-refractivity contribution in [3.8, 4) is 0 Å². The monoisotopic (exact) mass is 321 g/mol. The Morgan fingerprint density at radius 3 is 2.59 bits per heavy atom. The molecule has 0 bridgehead atoms. The van der Waals surface area contributed by atoms with Gasteiger partial charge in [-0.15, -0.1) is 11.8 Å². The zero-order valence-electron chi connectivity index (χ0n) is 13.0. The number of benzene rings is 1. The van der Waals surface area contributed by atoms with Crippen LogP contribution in [-0.2, 0) is 9.59 Å². The van der Waals surface area contributed by atoms with Crippen molar-refractivity contribution < 1.29 is 9.59 Å². The highest BCUT2D eigenvalue weighted by Crippen LogP contribution is 2.13. The van der Waals surface area contributed by atoms with Crippen molar-refractivity contribution in [2.75, 3.05) is 30.7 Å². The largest absolute Gasteiger partial charge is 0.355 e. The lowest BCUT2D eigenvalue weighted by atomic mass is 10.0. The van der Waals surface area contributed by atoms with Gasteiger partial charge in [0, 0.05) is 31.2 Å². The minimum Gasteiger partial charge on any atom is -0.355 e. The van der Waals surface area contributed by atoms with Crippen LogP contribution in [0.25, 0.3) is 0 Å². The second-order valence-electron chi connectivity index (χ2n) is 5.64. The Bertz CT molecular complexity index is 515. The Kier molecular flexibility index (Phi) is 6.27. The lowest BCUT2D eigenvalue weighted by molar-refractivity contribution is -0.120. The van der Waals surface area contributed by atoms with Gasteiger partial charge in [0.05, 0.1) is 11.0 Å². The van der Waals surface area contributed by atoms with E-state index in [9.17, 15) is 9.59 Å². The highest BCUT2D eigenvalue weighted by atomic mass is 32.2.